The van der Waals surface area contributed by atoms with Crippen molar-refractivity contribution >= 4 is 5.78 Å². The van der Waals surface area contributed by atoms with Crippen LogP contribution in [0.4, 0.5) is 0 Å². The molecule has 4 fully saturated rings. The van der Waals surface area contributed by atoms with Crippen molar-refractivity contribution in [3.05, 3.63) is 33.1 Å². The lowest BCUT2D eigenvalue weighted by atomic mass is 9.66. The molecule has 1 aromatic rings. The summed E-state index contributed by atoms with van der Waals surface area (Å²) >= 11 is 0. The molecule has 106 valence electrons. The molecule has 6 nitrogen and oxygen atoms in total. The average molecular weight is 283 g/mol. The van der Waals surface area contributed by atoms with E-state index in [-0.39, 0.29) is 40.1 Å². The predicted molar refractivity (Wildman–Crippen MR) is 69.6 cm³/mol. The van der Waals surface area contributed by atoms with Gasteiger partial charge in [0.2, 0.25) is 0 Å². The number of rotatable bonds is 0. The van der Waals surface area contributed by atoms with Crippen LogP contribution in [0.5, 0.6) is 0 Å². The summed E-state index contributed by atoms with van der Waals surface area (Å²) in [6, 6.07) is 0.0270. The Kier molecular flexibility index (Phi) is 1.05. The maximum absolute atomic E-state index is 12.7. The molecule has 4 saturated carbocycles. The van der Waals surface area contributed by atoms with Gasteiger partial charge in [-0.15, -0.1) is 0 Å². The minimum Gasteiger partial charge on any atom is -0.294 e. The number of carbonyl (C=O) groups is 1. The molecule has 0 N–H and O–H groups in total. The monoisotopic (exact) mass is 283 g/mol. The molecule has 0 saturated heterocycles. The highest BCUT2D eigenvalue weighted by Gasteiger charge is 3.04. The third-order valence-electron chi connectivity index (χ3n) is 7.89. The first-order valence-corrected chi connectivity index (χ1v) is 7.71. The molecule has 8 atom stereocenters. The second-order valence-electron chi connectivity index (χ2n) is 7.79. The van der Waals surface area contributed by atoms with Crippen LogP contribution in [0.1, 0.15) is 18.5 Å². The molecule has 6 heteroatoms. The van der Waals surface area contributed by atoms with Crippen LogP contribution in [0.3, 0.4) is 0 Å². The van der Waals surface area contributed by atoms with E-state index in [0.29, 0.717) is 23.7 Å². The van der Waals surface area contributed by atoms with Gasteiger partial charge in [-0.05, 0) is 36.2 Å². The molecule has 2 bridgehead atoms. The molecule has 2 spiro atoms. The first kappa shape index (κ1) is 9.97. The molecule has 7 aliphatic rings. The first-order valence-electron chi connectivity index (χ1n) is 7.71. The van der Waals surface area contributed by atoms with Crippen molar-refractivity contribution in [2.75, 3.05) is 0 Å². The standard InChI is InChI=1S/C15H13N3O3/c1-16-12(20)17-10-7-6-8(7)11(18(17)13(16)21)15-5(19)3-2-4-14(10,15)9(6)15/h2-3,6-11H,4H2,1H3/t6-,7-,8+,9+,10+,11+,14+,15-/m0/s1. The molecular formula is C15H13N3O3. The van der Waals surface area contributed by atoms with E-state index in [0.717, 1.165) is 6.42 Å². The highest BCUT2D eigenvalue weighted by molar-refractivity contribution is 6.02. The summed E-state index contributed by atoms with van der Waals surface area (Å²) in [4.78, 5) is 37.8. The number of carbonyl (C=O) groups excluding carboxylic acids is 1. The van der Waals surface area contributed by atoms with Gasteiger partial charge in [0, 0.05) is 12.5 Å². The lowest BCUT2D eigenvalue weighted by Crippen LogP contribution is -2.55. The number of aromatic nitrogens is 3. The maximum atomic E-state index is 12.7. The molecule has 1 aromatic heterocycles. The molecule has 8 rings (SSSR count). The van der Waals surface area contributed by atoms with Gasteiger partial charge >= 0.3 is 11.4 Å². The SMILES string of the molecule is Cn1c(=O)n2n(c1=O)[C@@H]1[C@@H]3[C@@H]4[C@@H]3[C@@H]2[C@]23CC=CC(=O)[C@]12[C@H]43. The molecule has 2 aliphatic heterocycles. The lowest BCUT2D eigenvalue weighted by molar-refractivity contribution is -0.129. The fraction of sp³-hybridized carbons (Fsp3) is 0.667. The van der Waals surface area contributed by atoms with Crippen LogP contribution in [0.15, 0.2) is 21.7 Å². The Balaban J connectivity index is 1.70. The van der Waals surface area contributed by atoms with E-state index >= 15 is 0 Å². The molecule has 0 radical (unpaired) electrons. The summed E-state index contributed by atoms with van der Waals surface area (Å²) in [7, 11) is 1.55. The smallest absolute Gasteiger partial charge is 0.294 e. The summed E-state index contributed by atoms with van der Waals surface area (Å²) in [6.07, 6.45) is 4.63. The summed E-state index contributed by atoms with van der Waals surface area (Å²) in [5.41, 5.74) is -0.812. The number of allylic oxidation sites excluding steroid dienone is 2. The lowest BCUT2D eigenvalue weighted by Gasteiger charge is -2.48. The zero-order valence-corrected chi connectivity index (χ0v) is 11.4. The van der Waals surface area contributed by atoms with E-state index in [9.17, 15) is 14.4 Å². The van der Waals surface area contributed by atoms with Gasteiger partial charge in [-0.2, -0.15) is 0 Å². The van der Waals surface area contributed by atoms with Crippen LogP contribution < -0.4 is 11.4 Å². The van der Waals surface area contributed by atoms with Gasteiger partial charge in [0.15, 0.2) is 5.78 Å². The predicted octanol–water partition coefficient (Wildman–Crippen LogP) is -0.535. The Bertz CT molecular complexity index is 964. The summed E-state index contributed by atoms with van der Waals surface area (Å²) in [6.45, 7) is 0. The molecular weight excluding hydrogens is 270 g/mol. The molecule has 0 unspecified atom stereocenters. The van der Waals surface area contributed by atoms with Crippen LogP contribution in [0.25, 0.3) is 0 Å². The van der Waals surface area contributed by atoms with E-state index in [4.69, 9.17) is 0 Å². The maximum Gasteiger partial charge on any atom is 0.347 e. The van der Waals surface area contributed by atoms with Crippen LogP contribution in [0, 0.1) is 34.5 Å². The van der Waals surface area contributed by atoms with E-state index < -0.39 is 0 Å². The summed E-state index contributed by atoms with van der Waals surface area (Å²) < 4.78 is 4.60. The number of ketones is 1. The van der Waals surface area contributed by atoms with E-state index in [2.05, 4.69) is 0 Å². The van der Waals surface area contributed by atoms with Crippen molar-refractivity contribution < 1.29 is 4.79 Å². The summed E-state index contributed by atoms with van der Waals surface area (Å²) in [5.74, 6) is 2.24. The molecule has 3 heterocycles. The van der Waals surface area contributed by atoms with Crippen molar-refractivity contribution in [3.63, 3.8) is 0 Å². The first-order chi connectivity index (χ1) is 10.1. The quantitative estimate of drug-likeness (QED) is 0.642. The highest BCUT2D eigenvalue weighted by Crippen LogP contribution is 3.03. The zero-order valence-electron chi connectivity index (χ0n) is 11.4. The second-order valence-corrected chi connectivity index (χ2v) is 7.79. The van der Waals surface area contributed by atoms with Gasteiger partial charge in [-0.1, -0.05) is 6.08 Å². The highest BCUT2D eigenvalue weighted by atomic mass is 16.2. The minimum atomic E-state index is -0.339. The number of hydrogen-bond acceptors (Lipinski definition) is 3. The number of hydrogen-bond donors (Lipinski definition) is 0. The van der Waals surface area contributed by atoms with E-state index in [1.54, 1.807) is 22.5 Å². The third kappa shape index (κ3) is 0.557. The van der Waals surface area contributed by atoms with E-state index in [1.807, 2.05) is 6.08 Å². The molecule has 0 aromatic carbocycles. The molecule has 5 aliphatic carbocycles. The van der Waals surface area contributed by atoms with Crippen LogP contribution in [-0.4, -0.2) is 19.7 Å². The topological polar surface area (TPSA) is 66.0 Å². The zero-order chi connectivity index (χ0) is 14.0. The van der Waals surface area contributed by atoms with Gasteiger partial charge in [0.1, 0.15) is 0 Å². The fourth-order valence-corrected chi connectivity index (χ4v) is 7.73. The van der Waals surface area contributed by atoms with Crippen LogP contribution in [0.2, 0.25) is 0 Å². The number of nitrogens with zero attached hydrogens (tertiary/aromatic N) is 3. The van der Waals surface area contributed by atoms with Crippen molar-refractivity contribution in [1.82, 2.24) is 13.9 Å². The van der Waals surface area contributed by atoms with Crippen molar-refractivity contribution in [2.45, 2.75) is 18.5 Å². The normalized spacial score (nSPS) is 58.2. The Morgan fingerprint density at radius 2 is 1.71 bits per heavy atom. The Morgan fingerprint density at radius 3 is 2.48 bits per heavy atom. The average Bonchev–Trinajstić information content (AvgIpc) is 3.25. The van der Waals surface area contributed by atoms with Gasteiger partial charge < -0.3 is 0 Å². The van der Waals surface area contributed by atoms with Gasteiger partial charge in [0.05, 0.1) is 17.5 Å². The van der Waals surface area contributed by atoms with Crippen molar-refractivity contribution in [3.8, 4) is 0 Å². The van der Waals surface area contributed by atoms with Gasteiger partial charge in [0.25, 0.3) is 0 Å². The molecule has 0 amide bonds. The van der Waals surface area contributed by atoms with Crippen molar-refractivity contribution in [2.24, 2.45) is 41.5 Å². The van der Waals surface area contributed by atoms with Gasteiger partial charge in [-0.3, -0.25) is 4.79 Å². The Hall–Kier alpha value is -1.85. The van der Waals surface area contributed by atoms with E-state index in [1.165, 1.54) is 4.57 Å². The summed E-state index contributed by atoms with van der Waals surface area (Å²) in [5, 5.41) is 0. The Labute approximate surface area is 118 Å². The minimum absolute atomic E-state index is 0.0365. The second kappa shape index (κ2) is 2.21. The fourth-order valence-electron chi connectivity index (χ4n) is 7.73. The van der Waals surface area contributed by atoms with Crippen LogP contribution >= 0.6 is 0 Å². The third-order valence-corrected chi connectivity index (χ3v) is 7.89. The van der Waals surface area contributed by atoms with Crippen molar-refractivity contribution in [1.29, 1.82) is 0 Å². The van der Waals surface area contributed by atoms with Crippen LogP contribution in [-0.2, 0) is 11.8 Å². The molecule has 21 heavy (non-hydrogen) atoms. The largest absolute Gasteiger partial charge is 0.347 e. The Morgan fingerprint density at radius 1 is 1.05 bits per heavy atom. The van der Waals surface area contributed by atoms with Gasteiger partial charge in [-0.25, -0.2) is 23.5 Å².